The van der Waals surface area contributed by atoms with Crippen molar-refractivity contribution in [3.63, 3.8) is 0 Å². The molecule has 0 radical (unpaired) electrons. The van der Waals surface area contributed by atoms with Gasteiger partial charge in [0, 0.05) is 12.8 Å². The Morgan fingerprint density at radius 1 is 0.414 bits per heavy atom. The molecular formula is C52H103NO5. The van der Waals surface area contributed by atoms with Gasteiger partial charge in [-0.2, -0.15) is 0 Å². The van der Waals surface area contributed by atoms with Gasteiger partial charge in [0.2, 0.25) is 5.91 Å². The number of nitrogens with one attached hydrogen (secondary N) is 1. The van der Waals surface area contributed by atoms with Gasteiger partial charge in [-0.05, 0) is 25.7 Å². The van der Waals surface area contributed by atoms with Crippen LogP contribution in [0.25, 0.3) is 0 Å². The maximum absolute atomic E-state index is 12.4. The molecular weight excluding hydrogens is 719 g/mol. The smallest absolute Gasteiger partial charge is 0.305 e. The third kappa shape index (κ3) is 44.4. The van der Waals surface area contributed by atoms with Gasteiger partial charge in [-0.1, -0.05) is 258 Å². The second kappa shape index (κ2) is 48.5. The zero-order chi connectivity index (χ0) is 42.3. The Bertz CT molecular complexity index is 822. The number of rotatable bonds is 49. The molecule has 0 aliphatic carbocycles. The maximum atomic E-state index is 12.4. The summed E-state index contributed by atoms with van der Waals surface area (Å²) in [6, 6.07) is -0.542. The molecule has 58 heavy (non-hydrogen) atoms. The van der Waals surface area contributed by atoms with Crippen LogP contribution in [-0.2, 0) is 14.3 Å². The van der Waals surface area contributed by atoms with Crippen LogP contribution in [0, 0.1) is 0 Å². The van der Waals surface area contributed by atoms with Gasteiger partial charge in [0.05, 0.1) is 25.4 Å². The van der Waals surface area contributed by atoms with Crippen molar-refractivity contribution in [2.24, 2.45) is 0 Å². The quantitative estimate of drug-likeness (QED) is 0.0420. The largest absolute Gasteiger partial charge is 0.466 e. The average Bonchev–Trinajstić information content (AvgIpc) is 3.22. The van der Waals surface area contributed by atoms with Gasteiger partial charge in [0.15, 0.2) is 0 Å². The highest BCUT2D eigenvalue weighted by Gasteiger charge is 2.20. The Labute approximate surface area is 362 Å². The van der Waals surface area contributed by atoms with Crippen molar-refractivity contribution in [1.82, 2.24) is 5.32 Å². The molecule has 0 aliphatic heterocycles. The van der Waals surface area contributed by atoms with Crippen molar-refractivity contribution in [2.75, 3.05) is 13.2 Å². The van der Waals surface area contributed by atoms with Crippen molar-refractivity contribution in [3.05, 3.63) is 0 Å². The zero-order valence-electron chi connectivity index (χ0n) is 39.3. The van der Waals surface area contributed by atoms with E-state index < -0.39 is 12.1 Å². The molecule has 0 aromatic heterocycles. The van der Waals surface area contributed by atoms with Crippen LogP contribution in [0.5, 0.6) is 0 Å². The first kappa shape index (κ1) is 56.9. The Morgan fingerprint density at radius 3 is 1.05 bits per heavy atom. The molecule has 1 amide bonds. The fraction of sp³-hybridized carbons (Fsp3) is 0.962. The topological polar surface area (TPSA) is 95.9 Å². The Morgan fingerprint density at radius 2 is 0.707 bits per heavy atom. The van der Waals surface area contributed by atoms with Gasteiger partial charge in [-0.15, -0.1) is 0 Å². The molecule has 0 spiro atoms. The van der Waals surface area contributed by atoms with E-state index in [4.69, 9.17) is 4.74 Å². The molecule has 0 saturated carbocycles. The van der Waals surface area contributed by atoms with Crippen molar-refractivity contribution >= 4 is 11.9 Å². The molecule has 3 N–H and O–H groups in total. The number of carbonyl (C=O) groups excluding carboxylic acids is 2. The first-order valence-electron chi connectivity index (χ1n) is 26.3. The van der Waals surface area contributed by atoms with Crippen LogP contribution in [0.1, 0.15) is 296 Å². The Kier molecular flexibility index (Phi) is 47.6. The summed E-state index contributed by atoms with van der Waals surface area (Å²) in [5, 5.41) is 23.1. The summed E-state index contributed by atoms with van der Waals surface area (Å²) >= 11 is 0. The van der Waals surface area contributed by atoms with Crippen LogP contribution >= 0.6 is 0 Å². The normalized spacial score (nSPS) is 12.6. The summed E-state index contributed by atoms with van der Waals surface area (Å²) in [6.45, 7) is 4.94. The number of aliphatic hydroxyl groups is 2. The molecule has 0 fully saturated rings. The van der Waals surface area contributed by atoms with Crippen molar-refractivity contribution in [3.8, 4) is 0 Å². The fourth-order valence-electron chi connectivity index (χ4n) is 8.35. The van der Waals surface area contributed by atoms with Gasteiger partial charge in [-0.3, -0.25) is 9.59 Å². The summed E-state index contributed by atoms with van der Waals surface area (Å²) in [7, 11) is 0. The minimum atomic E-state index is -0.664. The van der Waals surface area contributed by atoms with Crippen molar-refractivity contribution < 1.29 is 24.5 Å². The fourth-order valence-corrected chi connectivity index (χ4v) is 8.35. The van der Waals surface area contributed by atoms with Crippen LogP contribution in [0.2, 0.25) is 0 Å². The standard InChI is InChI=1S/C52H103NO5/c1-3-5-7-9-11-13-15-16-23-26-30-34-38-42-46-52(57)58-47-43-39-35-31-27-24-21-19-17-18-20-22-25-29-33-37-41-45-51(56)53-49(48-54)50(55)44-40-36-32-28-14-12-10-8-6-4-2/h49-50,54-55H,3-48H2,1-2H3,(H,53,56). The van der Waals surface area contributed by atoms with E-state index in [2.05, 4.69) is 19.2 Å². The predicted molar refractivity (Wildman–Crippen MR) is 250 cm³/mol. The minimum Gasteiger partial charge on any atom is -0.466 e. The SMILES string of the molecule is CCCCCCCCCCCCCCCCC(=O)OCCCCCCCCCCCCCCCCCCCC(=O)NC(CO)C(O)CCCCCCCCCCCC. The van der Waals surface area contributed by atoms with Gasteiger partial charge in [0.1, 0.15) is 0 Å². The van der Waals surface area contributed by atoms with Crippen LogP contribution in [0.3, 0.4) is 0 Å². The monoisotopic (exact) mass is 822 g/mol. The third-order valence-corrected chi connectivity index (χ3v) is 12.4. The van der Waals surface area contributed by atoms with E-state index in [1.54, 1.807) is 0 Å². The summed E-state index contributed by atoms with van der Waals surface area (Å²) < 4.78 is 5.47. The molecule has 0 bridgehead atoms. The third-order valence-electron chi connectivity index (χ3n) is 12.4. The molecule has 0 saturated heterocycles. The second-order valence-electron chi connectivity index (χ2n) is 18.2. The number of unbranched alkanes of at least 4 members (excludes halogenated alkanes) is 38. The first-order valence-corrected chi connectivity index (χ1v) is 26.3. The van der Waals surface area contributed by atoms with E-state index in [-0.39, 0.29) is 18.5 Å². The molecule has 0 heterocycles. The van der Waals surface area contributed by atoms with Gasteiger partial charge >= 0.3 is 5.97 Å². The number of aliphatic hydroxyl groups excluding tert-OH is 2. The van der Waals surface area contributed by atoms with E-state index in [0.717, 1.165) is 38.5 Å². The molecule has 0 aromatic rings. The minimum absolute atomic E-state index is 0.00794. The number of hydrogen-bond donors (Lipinski definition) is 3. The Balaban J connectivity index is 3.37. The lowest BCUT2D eigenvalue weighted by atomic mass is 10.0. The van der Waals surface area contributed by atoms with Gasteiger partial charge in [0.25, 0.3) is 0 Å². The van der Waals surface area contributed by atoms with E-state index in [1.807, 2.05) is 0 Å². The summed E-state index contributed by atoms with van der Waals surface area (Å²) in [5.74, 6) is -0.0328. The number of ether oxygens (including phenoxy) is 1. The highest BCUT2D eigenvalue weighted by atomic mass is 16.5. The molecule has 6 heteroatoms. The van der Waals surface area contributed by atoms with Crippen molar-refractivity contribution in [2.45, 2.75) is 309 Å². The van der Waals surface area contributed by atoms with E-state index in [9.17, 15) is 19.8 Å². The lowest BCUT2D eigenvalue weighted by Gasteiger charge is -2.22. The molecule has 0 rings (SSSR count). The predicted octanol–water partition coefficient (Wildman–Crippen LogP) is 15.6. The lowest BCUT2D eigenvalue weighted by Crippen LogP contribution is -2.45. The lowest BCUT2D eigenvalue weighted by molar-refractivity contribution is -0.143. The Hall–Kier alpha value is -1.14. The molecule has 6 nitrogen and oxygen atoms in total. The highest BCUT2D eigenvalue weighted by molar-refractivity contribution is 5.76. The van der Waals surface area contributed by atoms with E-state index in [0.29, 0.717) is 25.9 Å². The zero-order valence-corrected chi connectivity index (χ0v) is 39.3. The van der Waals surface area contributed by atoms with Crippen LogP contribution in [0.4, 0.5) is 0 Å². The first-order chi connectivity index (χ1) is 28.5. The number of hydrogen-bond acceptors (Lipinski definition) is 5. The number of esters is 1. The highest BCUT2D eigenvalue weighted by Crippen LogP contribution is 2.17. The van der Waals surface area contributed by atoms with Crippen LogP contribution < -0.4 is 5.32 Å². The number of amides is 1. The van der Waals surface area contributed by atoms with Crippen molar-refractivity contribution in [1.29, 1.82) is 0 Å². The molecule has 0 aliphatic rings. The maximum Gasteiger partial charge on any atom is 0.305 e. The number of carbonyl (C=O) groups is 2. The summed E-state index contributed by atoms with van der Waals surface area (Å²) in [4.78, 5) is 24.4. The van der Waals surface area contributed by atoms with Gasteiger partial charge < -0.3 is 20.3 Å². The van der Waals surface area contributed by atoms with E-state index in [1.165, 1.54) is 225 Å². The van der Waals surface area contributed by atoms with Crippen LogP contribution in [0.15, 0.2) is 0 Å². The second-order valence-corrected chi connectivity index (χ2v) is 18.2. The molecule has 346 valence electrons. The molecule has 0 aromatic carbocycles. The molecule has 2 unspecified atom stereocenters. The molecule has 2 atom stereocenters. The summed E-state index contributed by atoms with van der Waals surface area (Å²) in [5.41, 5.74) is 0. The summed E-state index contributed by atoms with van der Waals surface area (Å²) in [6.07, 6.45) is 53.6. The van der Waals surface area contributed by atoms with Gasteiger partial charge in [-0.25, -0.2) is 0 Å². The van der Waals surface area contributed by atoms with Crippen LogP contribution in [-0.4, -0.2) is 47.4 Å². The van der Waals surface area contributed by atoms with E-state index >= 15 is 0 Å². The average molecular weight is 822 g/mol.